The van der Waals surface area contributed by atoms with E-state index in [9.17, 15) is 5.11 Å². The van der Waals surface area contributed by atoms with Crippen LogP contribution in [0.3, 0.4) is 0 Å². The molecule has 17 heavy (non-hydrogen) atoms. The van der Waals surface area contributed by atoms with E-state index in [2.05, 4.69) is 22.3 Å². The molecule has 4 nitrogen and oxygen atoms in total. The van der Waals surface area contributed by atoms with E-state index in [0.29, 0.717) is 5.82 Å². The highest BCUT2D eigenvalue weighted by atomic mass is 16.3. The Bertz CT molecular complexity index is 655. The molecule has 0 bridgehead atoms. The third-order valence-corrected chi connectivity index (χ3v) is 2.79. The van der Waals surface area contributed by atoms with Crippen LogP contribution in [0.5, 0.6) is 0 Å². The molecule has 0 atom stereocenters. The highest BCUT2D eigenvalue weighted by Crippen LogP contribution is 2.22. The predicted octanol–water partition coefficient (Wildman–Crippen LogP) is 1.91. The van der Waals surface area contributed by atoms with E-state index in [1.54, 1.807) is 6.33 Å². The van der Waals surface area contributed by atoms with Gasteiger partial charge in [0.05, 0.1) is 5.69 Å². The summed E-state index contributed by atoms with van der Waals surface area (Å²) in [6, 6.07) is 14.1. The zero-order valence-electron chi connectivity index (χ0n) is 9.11. The summed E-state index contributed by atoms with van der Waals surface area (Å²) in [5, 5.41) is 19.2. The summed E-state index contributed by atoms with van der Waals surface area (Å²) >= 11 is 0. The molecule has 3 aromatic rings. The number of nitrogens with zero attached hydrogens (tertiary/aromatic N) is 3. The first-order valence-electron chi connectivity index (χ1n) is 5.38. The largest absolute Gasteiger partial charge is 0.388 e. The van der Waals surface area contributed by atoms with Crippen LogP contribution in [0.25, 0.3) is 16.5 Å². The van der Waals surface area contributed by atoms with Gasteiger partial charge in [0.1, 0.15) is 12.9 Å². The van der Waals surface area contributed by atoms with Gasteiger partial charge >= 0.3 is 0 Å². The second-order valence-corrected chi connectivity index (χ2v) is 3.77. The maximum Gasteiger partial charge on any atom is 0.163 e. The SMILES string of the molecule is OCc1nncn1-c1cccc2ccccc12. The monoisotopic (exact) mass is 225 g/mol. The predicted molar refractivity (Wildman–Crippen MR) is 64.8 cm³/mol. The molecule has 0 saturated heterocycles. The number of rotatable bonds is 2. The van der Waals surface area contributed by atoms with Crippen molar-refractivity contribution in [1.82, 2.24) is 14.8 Å². The molecule has 0 fully saturated rings. The van der Waals surface area contributed by atoms with Gasteiger partial charge in [0.25, 0.3) is 0 Å². The van der Waals surface area contributed by atoms with Gasteiger partial charge in [0, 0.05) is 5.39 Å². The molecule has 4 heteroatoms. The minimum atomic E-state index is -0.122. The van der Waals surface area contributed by atoms with Gasteiger partial charge < -0.3 is 5.11 Å². The van der Waals surface area contributed by atoms with Gasteiger partial charge in [0.15, 0.2) is 5.82 Å². The van der Waals surface area contributed by atoms with Crippen molar-refractivity contribution < 1.29 is 5.11 Å². The molecule has 0 saturated carbocycles. The lowest BCUT2D eigenvalue weighted by Crippen LogP contribution is -2.00. The van der Waals surface area contributed by atoms with Gasteiger partial charge in [-0.05, 0) is 11.5 Å². The summed E-state index contributed by atoms with van der Waals surface area (Å²) in [6.45, 7) is -0.122. The van der Waals surface area contributed by atoms with E-state index in [0.717, 1.165) is 16.5 Å². The normalized spacial score (nSPS) is 10.9. The van der Waals surface area contributed by atoms with Crippen LogP contribution in [0.1, 0.15) is 5.82 Å². The van der Waals surface area contributed by atoms with Crippen LogP contribution in [0.15, 0.2) is 48.8 Å². The van der Waals surface area contributed by atoms with Crippen molar-refractivity contribution in [3.8, 4) is 5.69 Å². The molecule has 0 radical (unpaired) electrons. The molecule has 0 aliphatic heterocycles. The third-order valence-electron chi connectivity index (χ3n) is 2.79. The maximum atomic E-state index is 9.22. The van der Waals surface area contributed by atoms with E-state index in [4.69, 9.17) is 0 Å². The molecule has 0 aliphatic carbocycles. The second kappa shape index (κ2) is 3.99. The molecule has 84 valence electrons. The fourth-order valence-electron chi connectivity index (χ4n) is 1.99. The summed E-state index contributed by atoms with van der Waals surface area (Å²) in [5.41, 5.74) is 0.983. The quantitative estimate of drug-likeness (QED) is 0.724. The molecule has 2 aromatic carbocycles. The number of aliphatic hydroxyl groups is 1. The van der Waals surface area contributed by atoms with E-state index < -0.39 is 0 Å². The summed E-state index contributed by atoms with van der Waals surface area (Å²) in [6.07, 6.45) is 1.62. The zero-order chi connectivity index (χ0) is 11.7. The van der Waals surface area contributed by atoms with Crippen LogP contribution in [-0.4, -0.2) is 19.9 Å². The third kappa shape index (κ3) is 1.59. The van der Waals surface area contributed by atoms with Gasteiger partial charge in [0.2, 0.25) is 0 Å². The molecular formula is C13H11N3O. The van der Waals surface area contributed by atoms with E-state index in [-0.39, 0.29) is 6.61 Å². The highest BCUT2D eigenvalue weighted by Gasteiger charge is 2.07. The summed E-state index contributed by atoms with van der Waals surface area (Å²) in [7, 11) is 0. The molecule has 0 amide bonds. The average Bonchev–Trinajstić information content (AvgIpc) is 2.86. The number of hydrogen-bond donors (Lipinski definition) is 1. The molecule has 3 rings (SSSR count). The Labute approximate surface area is 98.2 Å². The number of aromatic nitrogens is 3. The van der Waals surface area contributed by atoms with Crippen molar-refractivity contribution in [1.29, 1.82) is 0 Å². The van der Waals surface area contributed by atoms with Crippen molar-refractivity contribution in [3.05, 3.63) is 54.6 Å². The highest BCUT2D eigenvalue weighted by molar-refractivity contribution is 5.90. The summed E-state index contributed by atoms with van der Waals surface area (Å²) in [5.74, 6) is 0.543. The van der Waals surface area contributed by atoms with Crippen molar-refractivity contribution in [2.45, 2.75) is 6.61 Å². The number of benzene rings is 2. The number of aliphatic hydroxyl groups excluding tert-OH is 1. The lowest BCUT2D eigenvalue weighted by Gasteiger charge is -2.08. The van der Waals surface area contributed by atoms with Gasteiger partial charge in [-0.2, -0.15) is 0 Å². The molecule has 1 N–H and O–H groups in total. The Kier molecular flexibility index (Phi) is 2.34. The van der Waals surface area contributed by atoms with Crippen LogP contribution in [-0.2, 0) is 6.61 Å². The lowest BCUT2D eigenvalue weighted by atomic mass is 10.1. The van der Waals surface area contributed by atoms with Crippen molar-refractivity contribution in [2.24, 2.45) is 0 Å². The van der Waals surface area contributed by atoms with Crippen molar-refractivity contribution in [2.75, 3.05) is 0 Å². The topological polar surface area (TPSA) is 50.9 Å². The molecule has 0 aliphatic rings. The summed E-state index contributed by atoms with van der Waals surface area (Å²) < 4.78 is 1.81. The first-order chi connectivity index (χ1) is 8.40. The van der Waals surface area contributed by atoms with Crippen molar-refractivity contribution in [3.63, 3.8) is 0 Å². The second-order valence-electron chi connectivity index (χ2n) is 3.77. The van der Waals surface area contributed by atoms with Crippen LogP contribution < -0.4 is 0 Å². The van der Waals surface area contributed by atoms with Gasteiger partial charge in [-0.15, -0.1) is 10.2 Å². The fraction of sp³-hybridized carbons (Fsp3) is 0.0769. The van der Waals surface area contributed by atoms with Crippen LogP contribution >= 0.6 is 0 Å². The van der Waals surface area contributed by atoms with Gasteiger partial charge in [-0.1, -0.05) is 36.4 Å². The van der Waals surface area contributed by atoms with E-state index >= 15 is 0 Å². The van der Waals surface area contributed by atoms with Gasteiger partial charge in [-0.25, -0.2) is 0 Å². The minimum absolute atomic E-state index is 0.122. The van der Waals surface area contributed by atoms with Crippen LogP contribution in [0.2, 0.25) is 0 Å². The molecule has 0 unspecified atom stereocenters. The molecule has 0 spiro atoms. The standard InChI is InChI=1S/C13H11N3O/c17-8-13-15-14-9-16(13)12-7-3-5-10-4-1-2-6-11(10)12/h1-7,9,17H,8H2. The van der Waals surface area contributed by atoms with Gasteiger partial charge in [-0.3, -0.25) is 4.57 Å². The fourth-order valence-corrected chi connectivity index (χ4v) is 1.99. The van der Waals surface area contributed by atoms with Crippen molar-refractivity contribution >= 4 is 10.8 Å². The minimum Gasteiger partial charge on any atom is -0.388 e. The Morgan fingerprint density at radius 3 is 2.76 bits per heavy atom. The Morgan fingerprint density at radius 1 is 1.06 bits per heavy atom. The maximum absolute atomic E-state index is 9.22. The Hall–Kier alpha value is -2.20. The van der Waals surface area contributed by atoms with Crippen LogP contribution in [0, 0.1) is 0 Å². The molecular weight excluding hydrogens is 214 g/mol. The van der Waals surface area contributed by atoms with E-state index in [1.165, 1.54) is 0 Å². The Morgan fingerprint density at radius 2 is 1.88 bits per heavy atom. The Balaban J connectivity index is 2.31. The van der Waals surface area contributed by atoms with Crippen LogP contribution in [0.4, 0.5) is 0 Å². The lowest BCUT2D eigenvalue weighted by molar-refractivity contribution is 0.269. The molecule has 1 aromatic heterocycles. The first-order valence-corrected chi connectivity index (χ1v) is 5.38. The van der Waals surface area contributed by atoms with E-state index in [1.807, 2.05) is 34.9 Å². The zero-order valence-corrected chi connectivity index (χ0v) is 9.11. The number of hydrogen-bond acceptors (Lipinski definition) is 3. The first kappa shape index (κ1) is 9.99. The number of fused-ring (bicyclic) bond motifs is 1. The summed E-state index contributed by atoms with van der Waals surface area (Å²) in [4.78, 5) is 0. The smallest absolute Gasteiger partial charge is 0.163 e. The molecule has 1 heterocycles. The average molecular weight is 225 g/mol.